The first-order valence-corrected chi connectivity index (χ1v) is 6.20. The molecule has 1 aliphatic rings. The Morgan fingerprint density at radius 1 is 1.53 bits per heavy atom. The molecule has 1 saturated carbocycles. The summed E-state index contributed by atoms with van der Waals surface area (Å²) in [7, 11) is 0. The Kier molecular flexibility index (Phi) is 3.22. The number of carbonyl (C=O) groups excluding carboxylic acids is 1. The molecule has 1 heterocycles. The Morgan fingerprint density at radius 3 is 2.76 bits per heavy atom. The lowest BCUT2D eigenvalue weighted by Gasteiger charge is -2.24. The topological polar surface area (TPSA) is 55.1 Å². The van der Waals surface area contributed by atoms with Gasteiger partial charge in [0.2, 0.25) is 5.91 Å². The van der Waals surface area contributed by atoms with Gasteiger partial charge in [-0.2, -0.15) is 0 Å². The van der Waals surface area contributed by atoms with E-state index in [1.165, 1.54) is 19.3 Å². The number of rotatable bonds is 3. The van der Waals surface area contributed by atoms with Crippen LogP contribution in [0.4, 0.5) is 0 Å². The number of aromatic nitrogens is 1. The molecule has 1 aliphatic carbocycles. The number of hydrogen-bond donors (Lipinski definition) is 1. The molecule has 0 bridgehead atoms. The number of nitrogens with one attached hydrogen (secondary N) is 1. The van der Waals surface area contributed by atoms with Crippen LogP contribution in [0.1, 0.15) is 57.2 Å². The van der Waals surface area contributed by atoms with Gasteiger partial charge in [0.1, 0.15) is 6.26 Å². The molecule has 4 nitrogen and oxygen atoms in total. The molecule has 2 rings (SSSR count). The van der Waals surface area contributed by atoms with Crippen LogP contribution in [-0.4, -0.2) is 11.1 Å². The van der Waals surface area contributed by atoms with Gasteiger partial charge in [-0.15, -0.1) is 0 Å². The lowest BCUT2D eigenvalue weighted by molar-refractivity contribution is -0.128. The maximum Gasteiger partial charge on any atom is 0.225 e. The van der Waals surface area contributed by atoms with Gasteiger partial charge in [-0.3, -0.25) is 4.79 Å². The van der Waals surface area contributed by atoms with E-state index < -0.39 is 0 Å². The second kappa shape index (κ2) is 4.51. The fraction of sp³-hybridized carbons (Fsp3) is 0.692. The van der Waals surface area contributed by atoms with Gasteiger partial charge in [-0.05, 0) is 12.8 Å². The minimum atomic E-state index is -0.353. The molecular weight excluding hydrogens is 216 g/mol. The largest absolute Gasteiger partial charge is 0.364 e. The minimum Gasteiger partial charge on any atom is -0.364 e. The molecule has 1 fully saturated rings. The Labute approximate surface area is 102 Å². The van der Waals surface area contributed by atoms with E-state index in [0.29, 0.717) is 12.5 Å². The Morgan fingerprint density at radius 2 is 2.24 bits per heavy atom. The van der Waals surface area contributed by atoms with Crippen molar-refractivity contribution in [1.29, 1.82) is 0 Å². The molecule has 1 aromatic heterocycles. The average Bonchev–Trinajstić information content (AvgIpc) is 2.58. The van der Waals surface area contributed by atoms with E-state index in [1.54, 1.807) is 6.26 Å². The summed E-state index contributed by atoms with van der Waals surface area (Å²) in [4.78, 5) is 11.8. The van der Waals surface area contributed by atoms with Crippen molar-refractivity contribution in [2.24, 2.45) is 5.41 Å². The molecule has 1 amide bonds. The molecule has 1 N–H and O–H groups in total. The van der Waals surface area contributed by atoms with Crippen molar-refractivity contribution < 1.29 is 9.32 Å². The molecule has 0 saturated heterocycles. The summed E-state index contributed by atoms with van der Waals surface area (Å²) in [5, 5.41) is 6.98. The normalized spacial score (nSPS) is 16.6. The van der Waals surface area contributed by atoms with Crippen molar-refractivity contribution >= 4 is 5.91 Å². The van der Waals surface area contributed by atoms with Crippen LogP contribution >= 0.6 is 0 Å². The van der Waals surface area contributed by atoms with Crippen LogP contribution in [0.3, 0.4) is 0 Å². The third-order valence-corrected chi connectivity index (χ3v) is 3.29. The molecule has 0 unspecified atom stereocenters. The summed E-state index contributed by atoms with van der Waals surface area (Å²) in [5.41, 5.74) is 1.70. The van der Waals surface area contributed by atoms with Gasteiger partial charge in [0.25, 0.3) is 0 Å². The van der Waals surface area contributed by atoms with Crippen LogP contribution in [-0.2, 0) is 11.3 Å². The second-order valence-corrected chi connectivity index (χ2v) is 5.79. The summed E-state index contributed by atoms with van der Waals surface area (Å²) in [6, 6.07) is 0. The average molecular weight is 236 g/mol. The first kappa shape index (κ1) is 12.1. The molecular formula is C13H20N2O2. The molecule has 17 heavy (non-hydrogen) atoms. The van der Waals surface area contributed by atoms with Gasteiger partial charge in [-0.25, -0.2) is 0 Å². The summed E-state index contributed by atoms with van der Waals surface area (Å²) in [5.74, 6) is 0.591. The monoisotopic (exact) mass is 236 g/mol. The van der Waals surface area contributed by atoms with Crippen LogP contribution in [0.25, 0.3) is 0 Å². The molecule has 4 heteroatoms. The van der Waals surface area contributed by atoms with E-state index in [2.05, 4.69) is 10.5 Å². The highest BCUT2D eigenvalue weighted by Gasteiger charge is 2.26. The van der Waals surface area contributed by atoms with Gasteiger partial charge in [0, 0.05) is 23.4 Å². The summed E-state index contributed by atoms with van der Waals surface area (Å²) >= 11 is 0. The lowest BCUT2D eigenvalue weighted by atomic mass is 9.81. The van der Waals surface area contributed by atoms with Gasteiger partial charge in [-0.1, -0.05) is 32.3 Å². The summed E-state index contributed by atoms with van der Waals surface area (Å²) in [6.07, 6.45) is 5.29. The Hall–Kier alpha value is -1.32. The number of hydrogen-bond acceptors (Lipinski definition) is 3. The van der Waals surface area contributed by atoms with Crippen molar-refractivity contribution in [2.75, 3.05) is 0 Å². The number of amides is 1. The van der Waals surface area contributed by atoms with Crippen LogP contribution in [0.2, 0.25) is 0 Å². The fourth-order valence-corrected chi connectivity index (χ4v) is 1.86. The molecule has 0 radical (unpaired) electrons. The van der Waals surface area contributed by atoms with Crippen LogP contribution in [0.15, 0.2) is 10.8 Å². The Bertz CT molecular complexity index is 400. The lowest BCUT2D eigenvalue weighted by Crippen LogP contribution is -2.34. The highest BCUT2D eigenvalue weighted by Crippen LogP contribution is 2.37. The van der Waals surface area contributed by atoms with Gasteiger partial charge in [0.05, 0.1) is 5.69 Å². The zero-order chi connectivity index (χ0) is 12.5. The fourth-order valence-electron chi connectivity index (χ4n) is 1.86. The second-order valence-electron chi connectivity index (χ2n) is 5.79. The predicted octanol–water partition coefficient (Wildman–Crippen LogP) is 2.60. The molecule has 0 aromatic carbocycles. The first-order chi connectivity index (χ1) is 7.98. The summed E-state index contributed by atoms with van der Waals surface area (Å²) < 4.78 is 5.02. The number of carbonyl (C=O) groups is 1. The highest BCUT2D eigenvalue weighted by atomic mass is 16.5. The minimum absolute atomic E-state index is 0.0539. The van der Waals surface area contributed by atoms with E-state index in [-0.39, 0.29) is 11.3 Å². The SMILES string of the molecule is CC(C)(C)C(=O)NCc1conc1C1CCC1. The zero-order valence-corrected chi connectivity index (χ0v) is 10.7. The van der Waals surface area contributed by atoms with Crippen molar-refractivity contribution in [3.63, 3.8) is 0 Å². The molecule has 0 aliphatic heterocycles. The van der Waals surface area contributed by atoms with Gasteiger partial charge < -0.3 is 9.84 Å². The predicted molar refractivity (Wildman–Crippen MR) is 64.4 cm³/mol. The molecule has 1 aromatic rings. The van der Waals surface area contributed by atoms with E-state index in [9.17, 15) is 4.79 Å². The molecule has 0 atom stereocenters. The zero-order valence-electron chi connectivity index (χ0n) is 10.7. The smallest absolute Gasteiger partial charge is 0.225 e. The van der Waals surface area contributed by atoms with Crippen molar-refractivity contribution in [3.05, 3.63) is 17.5 Å². The van der Waals surface area contributed by atoms with Crippen molar-refractivity contribution in [1.82, 2.24) is 10.5 Å². The van der Waals surface area contributed by atoms with Crippen LogP contribution in [0.5, 0.6) is 0 Å². The quantitative estimate of drug-likeness (QED) is 0.877. The third kappa shape index (κ3) is 2.68. The maximum atomic E-state index is 11.8. The van der Waals surface area contributed by atoms with Crippen LogP contribution in [0, 0.1) is 5.41 Å². The van der Waals surface area contributed by atoms with Gasteiger partial charge >= 0.3 is 0 Å². The van der Waals surface area contributed by atoms with E-state index in [4.69, 9.17) is 4.52 Å². The number of nitrogens with zero attached hydrogens (tertiary/aromatic N) is 1. The maximum absolute atomic E-state index is 11.8. The van der Waals surface area contributed by atoms with Crippen molar-refractivity contribution in [2.45, 2.75) is 52.5 Å². The standard InChI is InChI=1S/C13H20N2O2/c1-13(2,3)12(16)14-7-10-8-17-15-11(10)9-5-4-6-9/h8-9H,4-7H2,1-3H3,(H,14,16). The van der Waals surface area contributed by atoms with E-state index >= 15 is 0 Å². The van der Waals surface area contributed by atoms with Gasteiger partial charge in [0.15, 0.2) is 0 Å². The third-order valence-electron chi connectivity index (χ3n) is 3.29. The molecule has 0 spiro atoms. The van der Waals surface area contributed by atoms with E-state index in [0.717, 1.165) is 11.3 Å². The van der Waals surface area contributed by atoms with Crippen molar-refractivity contribution in [3.8, 4) is 0 Å². The highest BCUT2D eigenvalue weighted by molar-refractivity contribution is 5.81. The Balaban J connectivity index is 1.95. The molecule has 94 valence electrons. The van der Waals surface area contributed by atoms with E-state index in [1.807, 2.05) is 20.8 Å². The first-order valence-electron chi connectivity index (χ1n) is 6.20. The summed E-state index contributed by atoms with van der Waals surface area (Å²) in [6.45, 7) is 6.24. The van der Waals surface area contributed by atoms with Crippen LogP contribution < -0.4 is 5.32 Å².